The fraction of sp³-hybridized carbons (Fsp3) is 0.429. The second kappa shape index (κ2) is 7.07. The summed E-state index contributed by atoms with van der Waals surface area (Å²) in [5.41, 5.74) is 2.57. The fourth-order valence-electron chi connectivity index (χ4n) is 1.32. The molecule has 0 bridgehead atoms. The van der Waals surface area contributed by atoms with E-state index in [0.29, 0.717) is 6.61 Å². The largest absolute Gasteiger partial charge is 0.492 e. The molecular weight excluding hydrogens is 198 g/mol. The van der Waals surface area contributed by atoms with Gasteiger partial charge in [0.25, 0.3) is 0 Å². The van der Waals surface area contributed by atoms with E-state index in [1.807, 2.05) is 12.1 Å². The summed E-state index contributed by atoms with van der Waals surface area (Å²) < 4.78 is 5.61. The first kappa shape index (κ1) is 12.8. The van der Waals surface area contributed by atoms with Crippen molar-refractivity contribution < 1.29 is 4.74 Å². The Kier molecular flexibility index (Phi) is 5.65. The zero-order valence-corrected chi connectivity index (χ0v) is 10.4. The smallest absolute Gasteiger partial charge is 0.119 e. The lowest BCUT2D eigenvalue weighted by atomic mass is 10.2. The molecule has 0 unspecified atom stereocenters. The summed E-state index contributed by atoms with van der Waals surface area (Å²) in [7, 11) is 0. The van der Waals surface area contributed by atoms with Gasteiger partial charge >= 0.3 is 0 Å². The first-order valence-corrected chi connectivity index (χ1v) is 5.72. The molecule has 0 heterocycles. The van der Waals surface area contributed by atoms with Crippen LogP contribution in [-0.4, -0.2) is 19.7 Å². The summed E-state index contributed by atoms with van der Waals surface area (Å²) in [5, 5.41) is 3.30. The highest BCUT2D eigenvalue weighted by molar-refractivity contribution is 5.27. The Balaban J connectivity index is 2.14. The Morgan fingerprint density at radius 1 is 1.38 bits per heavy atom. The highest BCUT2D eigenvalue weighted by atomic mass is 16.5. The van der Waals surface area contributed by atoms with E-state index in [4.69, 9.17) is 4.74 Å². The Bertz CT molecular complexity index is 340. The molecule has 0 aliphatic rings. The molecule has 0 saturated heterocycles. The topological polar surface area (TPSA) is 21.3 Å². The Morgan fingerprint density at radius 2 is 2.19 bits per heavy atom. The number of hydrogen-bond acceptors (Lipinski definition) is 2. The maximum Gasteiger partial charge on any atom is 0.119 e. The highest BCUT2D eigenvalue weighted by Crippen LogP contribution is 2.11. The van der Waals surface area contributed by atoms with Crippen molar-refractivity contribution in [1.29, 1.82) is 0 Å². The molecule has 88 valence electrons. The summed E-state index contributed by atoms with van der Waals surface area (Å²) in [5.74, 6) is 0.948. The van der Waals surface area contributed by atoms with Gasteiger partial charge in [0, 0.05) is 13.1 Å². The van der Waals surface area contributed by atoms with Crippen molar-refractivity contribution in [3.8, 4) is 5.75 Å². The number of benzene rings is 1. The molecule has 0 aliphatic carbocycles. The maximum absolute atomic E-state index is 5.61. The predicted molar refractivity (Wildman–Crippen MR) is 69.0 cm³/mol. The lowest BCUT2D eigenvalue weighted by molar-refractivity contribution is 0.316. The van der Waals surface area contributed by atoms with Gasteiger partial charge in [-0.15, -0.1) is 0 Å². The summed E-state index contributed by atoms with van der Waals surface area (Å²) in [4.78, 5) is 0. The first-order chi connectivity index (χ1) is 7.68. The first-order valence-electron chi connectivity index (χ1n) is 5.72. The molecule has 1 aromatic carbocycles. The van der Waals surface area contributed by atoms with Crippen molar-refractivity contribution >= 4 is 0 Å². The summed E-state index contributed by atoms with van der Waals surface area (Å²) >= 11 is 0. The van der Waals surface area contributed by atoms with E-state index in [-0.39, 0.29) is 0 Å². The van der Waals surface area contributed by atoms with Crippen molar-refractivity contribution in [2.45, 2.75) is 20.8 Å². The summed E-state index contributed by atoms with van der Waals surface area (Å²) in [6.07, 6.45) is 2.17. The van der Waals surface area contributed by atoms with E-state index in [0.717, 1.165) is 18.8 Å². The number of rotatable bonds is 6. The van der Waals surface area contributed by atoms with Crippen LogP contribution in [0.2, 0.25) is 0 Å². The molecule has 2 nitrogen and oxygen atoms in total. The quantitative estimate of drug-likeness (QED) is 0.586. The van der Waals surface area contributed by atoms with Gasteiger partial charge in [-0.25, -0.2) is 0 Å². The van der Waals surface area contributed by atoms with Crippen LogP contribution in [0.5, 0.6) is 5.75 Å². The SMILES string of the molecule is CC(C)=CCNCCOc1cccc(C)c1. The highest BCUT2D eigenvalue weighted by Gasteiger charge is 1.92. The monoisotopic (exact) mass is 219 g/mol. The van der Waals surface area contributed by atoms with Crippen molar-refractivity contribution in [2.75, 3.05) is 19.7 Å². The van der Waals surface area contributed by atoms with E-state index in [1.54, 1.807) is 0 Å². The van der Waals surface area contributed by atoms with E-state index < -0.39 is 0 Å². The minimum Gasteiger partial charge on any atom is -0.492 e. The standard InChI is InChI=1S/C14H21NO/c1-12(2)7-8-15-9-10-16-14-6-4-5-13(3)11-14/h4-7,11,15H,8-10H2,1-3H3. The number of nitrogens with one attached hydrogen (secondary N) is 1. The van der Waals surface area contributed by atoms with Crippen molar-refractivity contribution in [3.05, 3.63) is 41.5 Å². The van der Waals surface area contributed by atoms with Gasteiger partial charge in [-0.1, -0.05) is 23.8 Å². The molecular formula is C14H21NO. The number of aryl methyl sites for hydroxylation is 1. The van der Waals surface area contributed by atoms with E-state index in [9.17, 15) is 0 Å². The number of allylic oxidation sites excluding steroid dienone is 1. The van der Waals surface area contributed by atoms with Crippen LogP contribution in [0.25, 0.3) is 0 Å². The molecule has 1 rings (SSSR count). The molecule has 0 atom stereocenters. The van der Waals surface area contributed by atoms with Gasteiger partial charge in [-0.05, 0) is 38.5 Å². The average Bonchev–Trinajstić information content (AvgIpc) is 2.23. The van der Waals surface area contributed by atoms with Crippen molar-refractivity contribution in [2.24, 2.45) is 0 Å². The van der Waals surface area contributed by atoms with E-state index >= 15 is 0 Å². The van der Waals surface area contributed by atoms with Gasteiger partial charge in [0.2, 0.25) is 0 Å². The summed E-state index contributed by atoms with van der Waals surface area (Å²) in [6, 6.07) is 8.13. The minimum absolute atomic E-state index is 0.708. The van der Waals surface area contributed by atoms with Crippen molar-refractivity contribution in [3.63, 3.8) is 0 Å². The Morgan fingerprint density at radius 3 is 2.88 bits per heavy atom. The third kappa shape index (κ3) is 5.56. The average molecular weight is 219 g/mol. The summed E-state index contributed by atoms with van der Waals surface area (Å²) in [6.45, 7) is 8.77. The van der Waals surface area contributed by atoms with Gasteiger partial charge in [0.05, 0.1) is 0 Å². The molecule has 1 aromatic rings. The molecule has 0 radical (unpaired) electrons. The molecule has 0 saturated carbocycles. The van der Waals surface area contributed by atoms with Gasteiger partial charge in [0.1, 0.15) is 12.4 Å². The van der Waals surface area contributed by atoms with E-state index in [1.165, 1.54) is 11.1 Å². The van der Waals surface area contributed by atoms with Gasteiger partial charge in [-0.2, -0.15) is 0 Å². The van der Waals surface area contributed by atoms with Crippen LogP contribution in [-0.2, 0) is 0 Å². The normalized spacial score (nSPS) is 9.94. The second-order valence-electron chi connectivity index (χ2n) is 4.15. The molecule has 16 heavy (non-hydrogen) atoms. The molecule has 0 aromatic heterocycles. The van der Waals surface area contributed by atoms with Crippen LogP contribution < -0.4 is 10.1 Å². The third-order valence-corrected chi connectivity index (χ3v) is 2.19. The zero-order valence-electron chi connectivity index (χ0n) is 10.4. The molecule has 2 heteroatoms. The van der Waals surface area contributed by atoms with Gasteiger partial charge in [0.15, 0.2) is 0 Å². The van der Waals surface area contributed by atoms with Crippen LogP contribution in [0.1, 0.15) is 19.4 Å². The molecule has 1 N–H and O–H groups in total. The molecule has 0 amide bonds. The van der Waals surface area contributed by atoms with Gasteiger partial charge < -0.3 is 10.1 Å². The van der Waals surface area contributed by atoms with Crippen LogP contribution in [0.15, 0.2) is 35.9 Å². The molecule has 0 fully saturated rings. The second-order valence-corrected chi connectivity index (χ2v) is 4.15. The van der Waals surface area contributed by atoms with Crippen LogP contribution in [0.3, 0.4) is 0 Å². The third-order valence-electron chi connectivity index (χ3n) is 2.19. The number of ether oxygens (including phenoxy) is 1. The predicted octanol–water partition coefficient (Wildman–Crippen LogP) is 2.93. The van der Waals surface area contributed by atoms with Crippen LogP contribution >= 0.6 is 0 Å². The zero-order chi connectivity index (χ0) is 11.8. The Labute approximate surface area is 98.3 Å². The van der Waals surface area contributed by atoms with Crippen LogP contribution in [0, 0.1) is 6.92 Å². The van der Waals surface area contributed by atoms with Gasteiger partial charge in [-0.3, -0.25) is 0 Å². The number of hydrogen-bond donors (Lipinski definition) is 1. The lowest BCUT2D eigenvalue weighted by Crippen LogP contribution is -2.21. The lowest BCUT2D eigenvalue weighted by Gasteiger charge is -2.07. The Hall–Kier alpha value is -1.28. The minimum atomic E-state index is 0.708. The van der Waals surface area contributed by atoms with Crippen LogP contribution in [0.4, 0.5) is 0 Å². The fourth-order valence-corrected chi connectivity index (χ4v) is 1.32. The maximum atomic E-state index is 5.61. The molecule has 0 aliphatic heterocycles. The van der Waals surface area contributed by atoms with Crippen molar-refractivity contribution in [1.82, 2.24) is 5.32 Å². The molecule has 0 spiro atoms. The van der Waals surface area contributed by atoms with E-state index in [2.05, 4.69) is 44.3 Å².